The zero-order chi connectivity index (χ0) is 18.0. The highest BCUT2D eigenvalue weighted by molar-refractivity contribution is 7.98. The summed E-state index contributed by atoms with van der Waals surface area (Å²) in [5, 5.41) is 4.06. The van der Waals surface area contributed by atoms with Crippen LogP contribution >= 0.6 is 11.8 Å². The molecule has 2 aromatic rings. The monoisotopic (exact) mass is 380 g/mol. The average molecular weight is 380 g/mol. The molecule has 134 valence electrons. The van der Waals surface area contributed by atoms with Crippen molar-refractivity contribution < 1.29 is 12.6 Å². The molecule has 0 bridgehead atoms. The zero-order valence-electron chi connectivity index (χ0n) is 14.3. The fourth-order valence-corrected chi connectivity index (χ4v) is 3.42. The fraction of sp³-hybridized carbons (Fsp3) is 0.375. The summed E-state index contributed by atoms with van der Waals surface area (Å²) in [7, 11) is -0.909. The molecule has 25 heavy (non-hydrogen) atoms. The maximum Gasteiger partial charge on any atom is 0.384 e. The van der Waals surface area contributed by atoms with Crippen molar-refractivity contribution in [2.24, 2.45) is 0 Å². The van der Waals surface area contributed by atoms with Crippen LogP contribution in [-0.2, 0) is 23.1 Å². The standard InChI is InChI=1S/C16H20N4O3S2/c1-20(2)25(21,22)23-12-9-7-11(8-10-12)17-15-13-5-4-6-14(13)18-16(19-15)24-3/h7-10H,4-6H2,1-3H3,(H,17,18,19). The third-order valence-electron chi connectivity index (χ3n) is 3.86. The molecule has 0 unspecified atom stereocenters. The highest BCUT2D eigenvalue weighted by atomic mass is 32.2. The zero-order valence-corrected chi connectivity index (χ0v) is 15.9. The van der Waals surface area contributed by atoms with Gasteiger partial charge in [-0.1, -0.05) is 11.8 Å². The summed E-state index contributed by atoms with van der Waals surface area (Å²) in [5.74, 6) is 1.08. The van der Waals surface area contributed by atoms with Crippen LogP contribution in [0.4, 0.5) is 11.5 Å². The molecule has 0 aliphatic heterocycles. The van der Waals surface area contributed by atoms with E-state index in [-0.39, 0.29) is 5.75 Å². The van der Waals surface area contributed by atoms with Crippen LogP contribution < -0.4 is 9.50 Å². The predicted molar refractivity (Wildman–Crippen MR) is 98.8 cm³/mol. The summed E-state index contributed by atoms with van der Waals surface area (Å²) in [6.07, 6.45) is 4.99. The van der Waals surface area contributed by atoms with Crippen LogP contribution in [0.2, 0.25) is 0 Å². The average Bonchev–Trinajstić information content (AvgIpc) is 3.05. The van der Waals surface area contributed by atoms with Crippen molar-refractivity contribution in [3.8, 4) is 5.75 Å². The molecule has 1 heterocycles. The Kier molecular flexibility index (Phi) is 5.16. The molecule has 0 spiro atoms. The number of hydrogen-bond acceptors (Lipinski definition) is 7. The topological polar surface area (TPSA) is 84.4 Å². The van der Waals surface area contributed by atoms with Gasteiger partial charge in [-0.15, -0.1) is 0 Å². The summed E-state index contributed by atoms with van der Waals surface area (Å²) < 4.78 is 29.5. The number of fused-ring (bicyclic) bond motifs is 1. The summed E-state index contributed by atoms with van der Waals surface area (Å²) in [6.45, 7) is 0. The molecular formula is C16H20N4O3S2. The minimum absolute atomic E-state index is 0.261. The van der Waals surface area contributed by atoms with E-state index in [1.807, 2.05) is 6.26 Å². The number of aryl methyl sites for hydroxylation is 1. The van der Waals surface area contributed by atoms with Gasteiger partial charge in [0.1, 0.15) is 11.6 Å². The molecule has 0 radical (unpaired) electrons. The molecule has 3 rings (SSSR count). The van der Waals surface area contributed by atoms with Crippen molar-refractivity contribution >= 4 is 33.6 Å². The molecular weight excluding hydrogens is 360 g/mol. The number of thioether (sulfide) groups is 1. The van der Waals surface area contributed by atoms with E-state index in [2.05, 4.69) is 15.3 Å². The van der Waals surface area contributed by atoms with Crippen LogP contribution in [0.1, 0.15) is 17.7 Å². The van der Waals surface area contributed by atoms with Gasteiger partial charge < -0.3 is 9.50 Å². The highest BCUT2D eigenvalue weighted by Gasteiger charge is 2.19. The first-order valence-electron chi connectivity index (χ1n) is 7.82. The minimum atomic E-state index is -3.75. The number of aromatic nitrogens is 2. The van der Waals surface area contributed by atoms with Crippen molar-refractivity contribution in [2.75, 3.05) is 25.7 Å². The normalized spacial score (nSPS) is 13.8. The SMILES string of the molecule is CSc1nc2c(c(Nc3ccc(OS(=O)(=O)N(C)C)cc3)n1)CCC2. The number of nitrogens with one attached hydrogen (secondary N) is 1. The molecule has 1 aliphatic rings. The van der Waals surface area contributed by atoms with Gasteiger partial charge in [-0.25, -0.2) is 9.97 Å². The second kappa shape index (κ2) is 7.19. The second-order valence-electron chi connectivity index (χ2n) is 5.81. The first-order valence-corrected chi connectivity index (χ1v) is 10.4. The molecule has 0 saturated heterocycles. The van der Waals surface area contributed by atoms with Gasteiger partial charge in [0, 0.05) is 25.3 Å². The third kappa shape index (κ3) is 4.05. The van der Waals surface area contributed by atoms with Gasteiger partial charge in [-0.2, -0.15) is 12.7 Å². The Morgan fingerprint density at radius 1 is 1.16 bits per heavy atom. The number of anilines is 2. The predicted octanol–water partition coefficient (Wildman–Crippen LogP) is 2.62. The summed E-state index contributed by atoms with van der Waals surface area (Å²) >= 11 is 1.52. The van der Waals surface area contributed by atoms with Gasteiger partial charge in [0.2, 0.25) is 0 Å². The number of benzene rings is 1. The van der Waals surface area contributed by atoms with Gasteiger partial charge in [-0.05, 0) is 49.8 Å². The Hall–Kier alpha value is -1.84. The first-order chi connectivity index (χ1) is 11.9. The molecule has 0 fully saturated rings. The van der Waals surface area contributed by atoms with Gasteiger partial charge in [-0.3, -0.25) is 0 Å². The minimum Gasteiger partial charge on any atom is -0.371 e. The quantitative estimate of drug-likeness (QED) is 0.609. The maximum absolute atomic E-state index is 11.7. The van der Waals surface area contributed by atoms with Crippen LogP contribution in [-0.4, -0.2) is 43.0 Å². The van der Waals surface area contributed by atoms with Crippen LogP contribution in [0, 0.1) is 0 Å². The molecule has 1 aliphatic carbocycles. The Morgan fingerprint density at radius 2 is 1.88 bits per heavy atom. The van der Waals surface area contributed by atoms with E-state index in [0.29, 0.717) is 0 Å². The largest absolute Gasteiger partial charge is 0.384 e. The number of hydrogen-bond donors (Lipinski definition) is 1. The number of nitrogens with zero attached hydrogens (tertiary/aromatic N) is 3. The van der Waals surface area contributed by atoms with E-state index in [1.54, 1.807) is 24.3 Å². The Balaban J connectivity index is 1.80. The van der Waals surface area contributed by atoms with Crippen LogP contribution in [0.25, 0.3) is 0 Å². The molecule has 1 aromatic heterocycles. The smallest absolute Gasteiger partial charge is 0.371 e. The lowest BCUT2D eigenvalue weighted by atomic mass is 10.2. The molecule has 0 amide bonds. The molecule has 9 heteroatoms. The van der Waals surface area contributed by atoms with E-state index >= 15 is 0 Å². The summed E-state index contributed by atoms with van der Waals surface area (Å²) in [4.78, 5) is 9.14. The first kappa shape index (κ1) is 18.0. The van der Waals surface area contributed by atoms with E-state index in [4.69, 9.17) is 4.18 Å². The van der Waals surface area contributed by atoms with E-state index in [1.165, 1.54) is 25.9 Å². The van der Waals surface area contributed by atoms with E-state index in [9.17, 15) is 8.42 Å². The van der Waals surface area contributed by atoms with E-state index in [0.717, 1.165) is 51.5 Å². The van der Waals surface area contributed by atoms with E-state index < -0.39 is 10.3 Å². The van der Waals surface area contributed by atoms with Crippen LogP contribution in [0.5, 0.6) is 5.75 Å². The third-order valence-corrected chi connectivity index (χ3v) is 5.71. The maximum atomic E-state index is 11.7. The Bertz CT molecular complexity index is 868. The van der Waals surface area contributed by atoms with Crippen molar-refractivity contribution in [3.63, 3.8) is 0 Å². The van der Waals surface area contributed by atoms with Gasteiger partial charge in [0.05, 0.1) is 5.69 Å². The number of rotatable bonds is 6. The molecule has 0 atom stereocenters. The van der Waals surface area contributed by atoms with Crippen molar-refractivity contribution in [1.29, 1.82) is 0 Å². The molecule has 1 N–H and O–H groups in total. The van der Waals surface area contributed by atoms with Crippen molar-refractivity contribution in [3.05, 3.63) is 35.5 Å². The lowest BCUT2D eigenvalue weighted by molar-refractivity contribution is 0.421. The molecule has 1 aromatic carbocycles. The van der Waals surface area contributed by atoms with Crippen molar-refractivity contribution in [1.82, 2.24) is 14.3 Å². The lowest BCUT2D eigenvalue weighted by Crippen LogP contribution is -2.26. The fourth-order valence-electron chi connectivity index (χ4n) is 2.53. The van der Waals surface area contributed by atoms with Gasteiger partial charge >= 0.3 is 10.3 Å². The van der Waals surface area contributed by atoms with Crippen molar-refractivity contribution in [2.45, 2.75) is 24.4 Å². The van der Waals surface area contributed by atoms with Gasteiger partial charge in [0.25, 0.3) is 0 Å². The summed E-state index contributed by atoms with van der Waals surface area (Å²) in [6, 6.07) is 6.76. The molecule has 0 saturated carbocycles. The van der Waals surface area contributed by atoms with Crippen LogP contribution in [0.15, 0.2) is 29.4 Å². The Morgan fingerprint density at radius 3 is 2.52 bits per heavy atom. The summed E-state index contributed by atoms with van der Waals surface area (Å²) in [5.41, 5.74) is 3.08. The van der Waals surface area contributed by atoms with Crippen LogP contribution in [0.3, 0.4) is 0 Å². The van der Waals surface area contributed by atoms with Gasteiger partial charge in [0.15, 0.2) is 5.16 Å². The lowest BCUT2D eigenvalue weighted by Gasteiger charge is -2.13. The molecule has 7 nitrogen and oxygen atoms in total. The second-order valence-corrected chi connectivity index (χ2v) is 8.34. The Labute approximate surface area is 152 Å². The highest BCUT2D eigenvalue weighted by Crippen LogP contribution is 2.30.